The van der Waals surface area contributed by atoms with Crippen LogP contribution in [-0.4, -0.2) is 60.9 Å². The first-order valence-electron chi connectivity index (χ1n) is 12.0. The van der Waals surface area contributed by atoms with Gasteiger partial charge in [-0.25, -0.2) is 18.4 Å². The summed E-state index contributed by atoms with van der Waals surface area (Å²) in [6, 6.07) is 21.8. The maximum absolute atomic E-state index is 13.1. The van der Waals surface area contributed by atoms with Gasteiger partial charge in [0.1, 0.15) is 17.4 Å². The van der Waals surface area contributed by atoms with Crippen molar-refractivity contribution < 1.29 is 13.2 Å². The van der Waals surface area contributed by atoms with Crippen molar-refractivity contribution in [2.45, 2.75) is 17.9 Å². The van der Waals surface area contributed by atoms with E-state index in [1.807, 2.05) is 48.5 Å². The lowest BCUT2D eigenvalue weighted by Crippen LogP contribution is -2.49. The van der Waals surface area contributed by atoms with Gasteiger partial charge in [0.15, 0.2) is 0 Å². The second kappa shape index (κ2) is 10.6. The number of hydrogen-bond donors (Lipinski definition) is 1. The maximum atomic E-state index is 13.1. The van der Waals surface area contributed by atoms with Gasteiger partial charge < -0.3 is 10.1 Å². The van der Waals surface area contributed by atoms with Crippen molar-refractivity contribution in [1.29, 1.82) is 0 Å². The van der Waals surface area contributed by atoms with Crippen LogP contribution >= 0.6 is 11.6 Å². The number of ether oxygens (including phenoxy) is 1. The predicted octanol–water partition coefficient (Wildman–Crippen LogP) is 5.10. The standard InChI is InChI=1S/C27H28ClN5O3S/c1-19(32-14-16-33(17-15-32)37(34,35)23-12-10-20(28)11-13-23)26-30-25-9-4-3-8-24(25)27(31-26)29-21-6-5-7-22(18-21)36-2/h3-13,18-19H,14-17H2,1-2H3,(H,29,30,31). The number of fused-ring (bicyclic) bond motifs is 1. The van der Waals surface area contributed by atoms with Crippen LogP contribution in [0.15, 0.2) is 77.7 Å². The lowest BCUT2D eigenvalue weighted by Gasteiger charge is -2.36. The molecule has 4 aromatic rings. The van der Waals surface area contributed by atoms with Crippen molar-refractivity contribution in [2.75, 3.05) is 38.6 Å². The fraction of sp³-hybridized carbons (Fsp3) is 0.259. The number of methoxy groups -OCH3 is 1. The third-order valence-electron chi connectivity index (χ3n) is 6.60. The van der Waals surface area contributed by atoms with E-state index in [1.165, 1.54) is 4.31 Å². The summed E-state index contributed by atoms with van der Waals surface area (Å²) in [7, 11) is -1.93. The topological polar surface area (TPSA) is 87.7 Å². The van der Waals surface area contributed by atoms with Crippen molar-refractivity contribution in [2.24, 2.45) is 0 Å². The van der Waals surface area contributed by atoms with E-state index in [4.69, 9.17) is 26.3 Å². The second-order valence-corrected chi connectivity index (χ2v) is 11.2. The minimum absolute atomic E-state index is 0.101. The number of para-hydroxylation sites is 1. The lowest BCUT2D eigenvalue weighted by molar-refractivity contribution is 0.141. The first-order valence-corrected chi connectivity index (χ1v) is 13.8. The third-order valence-corrected chi connectivity index (χ3v) is 8.76. The highest BCUT2D eigenvalue weighted by molar-refractivity contribution is 7.89. The van der Waals surface area contributed by atoms with Crippen LogP contribution in [0.2, 0.25) is 5.02 Å². The van der Waals surface area contributed by atoms with E-state index in [0.29, 0.717) is 42.8 Å². The van der Waals surface area contributed by atoms with Gasteiger partial charge in [-0.2, -0.15) is 4.31 Å². The molecule has 1 saturated heterocycles. The Morgan fingerprint density at radius 1 is 0.946 bits per heavy atom. The van der Waals surface area contributed by atoms with Crippen molar-refractivity contribution in [3.63, 3.8) is 0 Å². The summed E-state index contributed by atoms with van der Waals surface area (Å²) in [5.41, 5.74) is 1.71. The Balaban J connectivity index is 1.36. The summed E-state index contributed by atoms with van der Waals surface area (Å²) in [6.07, 6.45) is 0. The number of halogens is 1. The summed E-state index contributed by atoms with van der Waals surface area (Å²) in [4.78, 5) is 12.2. The Labute approximate surface area is 221 Å². The summed E-state index contributed by atoms with van der Waals surface area (Å²) < 4.78 is 33.0. The fourth-order valence-electron chi connectivity index (χ4n) is 4.46. The van der Waals surface area contributed by atoms with E-state index < -0.39 is 10.0 Å². The smallest absolute Gasteiger partial charge is 0.243 e. The molecule has 0 radical (unpaired) electrons. The molecule has 0 spiro atoms. The zero-order valence-corrected chi connectivity index (χ0v) is 22.2. The highest BCUT2D eigenvalue weighted by Gasteiger charge is 2.31. The van der Waals surface area contributed by atoms with Crippen LogP contribution < -0.4 is 10.1 Å². The molecule has 1 N–H and O–H groups in total. The van der Waals surface area contributed by atoms with E-state index >= 15 is 0 Å². The van der Waals surface area contributed by atoms with Crippen molar-refractivity contribution in [1.82, 2.24) is 19.2 Å². The van der Waals surface area contributed by atoms with Gasteiger partial charge in [0.2, 0.25) is 10.0 Å². The van der Waals surface area contributed by atoms with E-state index in [0.717, 1.165) is 22.3 Å². The Morgan fingerprint density at radius 3 is 2.41 bits per heavy atom. The zero-order valence-electron chi connectivity index (χ0n) is 20.6. The molecule has 0 amide bonds. The predicted molar refractivity (Wildman–Crippen MR) is 146 cm³/mol. The quantitative estimate of drug-likeness (QED) is 0.351. The molecule has 37 heavy (non-hydrogen) atoms. The van der Waals surface area contributed by atoms with Crippen LogP contribution in [0.5, 0.6) is 5.75 Å². The molecule has 8 nitrogen and oxygen atoms in total. The van der Waals surface area contributed by atoms with Crippen LogP contribution in [0.4, 0.5) is 11.5 Å². The molecule has 1 aliphatic rings. The monoisotopic (exact) mass is 537 g/mol. The van der Waals surface area contributed by atoms with Crippen LogP contribution in [-0.2, 0) is 10.0 Å². The summed E-state index contributed by atoms with van der Waals surface area (Å²) in [5, 5.41) is 4.85. The molecule has 5 rings (SSSR count). The zero-order chi connectivity index (χ0) is 26.0. The number of aromatic nitrogens is 2. The van der Waals surface area contributed by atoms with Crippen molar-refractivity contribution in [3.05, 3.63) is 83.6 Å². The van der Waals surface area contributed by atoms with E-state index in [2.05, 4.69) is 17.1 Å². The molecule has 0 saturated carbocycles. The average Bonchev–Trinajstić information content (AvgIpc) is 2.93. The molecule has 0 bridgehead atoms. The summed E-state index contributed by atoms with van der Waals surface area (Å²) in [6.45, 7) is 3.98. The average molecular weight is 538 g/mol. The van der Waals surface area contributed by atoms with Crippen molar-refractivity contribution in [3.8, 4) is 5.75 Å². The number of rotatable bonds is 7. The Kier molecular flexibility index (Phi) is 7.30. The summed E-state index contributed by atoms with van der Waals surface area (Å²) in [5.74, 6) is 2.14. The molecule has 1 aromatic heterocycles. The number of piperazine rings is 1. The molecule has 2 heterocycles. The molecule has 1 atom stereocenters. The molecular formula is C27H28ClN5O3S. The van der Waals surface area contributed by atoms with E-state index in [-0.39, 0.29) is 10.9 Å². The highest BCUT2D eigenvalue weighted by Crippen LogP contribution is 2.29. The lowest BCUT2D eigenvalue weighted by atomic mass is 10.2. The number of nitrogens with one attached hydrogen (secondary N) is 1. The SMILES string of the molecule is COc1cccc(Nc2nc(C(C)N3CCN(S(=O)(=O)c4ccc(Cl)cc4)CC3)nc3ccccc23)c1. The Morgan fingerprint density at radius 2 is 1.68 bits per heavy atom. The van der Waals surface area contributed by atoms with Gasteiger partial charge in [-0.3, -0.25) is 4.90 Å². The van der Waals surface area contributed by atoms with Crippen LogP contribution in [0, 0.1) is 0 Å². The fourth-order valence-corrected chi connectivity index (χ4v) is 6.01. The van der Waals surface area contributed by atoms with Gasteiger partial charge in [0, 0.05) is 48.3 Å². The summed E-state index contributed by atoms with van der Waals surface area (Å²) >= 11 is 5.93. The number of sulfonamides is 1. The Hall–Kier alpha value is -3.24. The molecule has 10 heteroatoms. The van der Waals surface area contributed by atoms with Gasteiger partial charge in [-0.15, -0.1) is 0 Å². The van der Waals surface area contributed by atoms with Crippen LogP contribution in [0.25, 0.3) is 10.9 Å². The molecule has 1 fully saturated rings. The minimum atomic E-state index is -3.57. The normalized spacial score (nSPS) is 16.0. The first-order chi connectivity index (χ1) is 17.8. The number of hydrogen-bond acceptors (Lipinski definition) is 7. The van der Waals surface area contributed by atoms with Gasteiger partial charge in [-0.1, -0.05) is 29.8 Å². The van der Waals surface area contributed by atoms with Crippen LogP contribution in [0.3, 0.4) is 0 Å². The molecule has 1 unspecified atom stereocenters. The third kappa shape index (κ3) is 5.40. The van der Waals surface area contributed by atoms with E-state index in [1.54, 1.807) is 31.4 Å². The van der Waals surface area contributed by atoms with Crippen LogP contribution in [0.1, 0.15) is 18.8 Å². The van der Waals surface area contributed by atoms with Crippen molar-refractivity contribution >= 4 is 44.0 Å². The number of nitrogens with zero attached hydrogens (tertiary/aromatic N) is 4. The largest absolute Gasteiger partial charge is 0.497 e. The van der Waals surface area contributed by atoms with Gasteiger partial charge in [0.25, 0.3) is 0 Å². The van der Waals surface area contributed by atoms with Gasteiger partial charge >= 0.3 is 0 Å². The molecule has 3 aromatic carbocycles. The molecule has 0 aliphatic carbocycles. The number of benzene rings is 3. The van der Waals surface area contributed by atoms with E-state index in [9.17, 15) is 8.42 Å². The van der Waals surface area contributed by atoms with Gasteiger partial charge in [0.05, 0.1) is 23.6 Å². The maximum Gasteiger partial charge on any atom is 0.243 e. The Bertz CT molecular complexity index is 1510. The van der Waals surface area contributed by atoms with Gasteiger partial charge in [-0.05, 0) is 55.5 Å². The molecular weight excluding hydrogens is 510 g/mol. The highest BCUT2D eigenvalue weighted by atomic mass is 35.5. The number of anilines is 2. The minimum Gasteiger partial charge on any atom is -0.497 e. The first kappa shape index (κ1) is 25.4. The molecule has 1 aliphatic heterocycles. The second-order valence-electron chi connectivity index (χ2n) is 8.87. The molecule has 192 valence electrons.